The molecule has 8 heteroatoms. The van der Waals surface area contributed by atoms with E-state index in [4.69, 9.17) is 25.7 Å². The van der Waals surface area contributed by atoms with Gasteiger partial charge in [-0.2, -0.15) is 0 Å². The van der Waals surface area contributed by atoms with Gasteiger partial charge in [-0.05, 0) is 75.4 Å². The van der Waals surface area contributed by atoms with Crippen LogP contribution in [0, 0.1) is 19.3 Å². The Labute approximate surface area is 208 Å². The maximum atomic E-state index is 12.8. The number of esters is 1. The summed E-state index contributed by atoms with van der Waals surface area (Å²) in [5.74, 6) is 0.661. The van der Waals surface area contributed by atoms with Crippen LogP contribution in [0.15, 0.2) is 36.4 Å². The maximum Gasteiger partial charge on any atom is 0.317 e. The van der Waals surface area contributed by atoms with E-state index in [0.717, 1.165) is 11.1 Å². The third kappa shape index (κ3) is 8.17. The molecule has 0 saturated carbocycles. The van der Waals surface area contributed by atoms with Crippen molar-refractivity contribution in [2.24, 2.45) is 16.9 Å². The lowest BCUT2D eigenvalue weighted by Crippen LogP contribution is -2.46. The van der Waals surface area contributed by atoms with Crippen LogP contribution in [-0.2, 0) is 22.5 Å². The van der Waals surface area contributed by atoms with E-state index in [9.17, 15) is 9.59 Å². The summed E-state index contributed by atoms with van der Waals surface area (Å²) >= 11 is 0. The van der Waals surface area contributed by atoms with Gasteiger partial charge in [0, 0.05) is 13.0 Å². The first-order valence-electron chi connectivity index (χ1n) is 11.8. The fourth-order valence-corrected chi connectivity index (χ4v) is 3.44. The normalized spacial score (nSPS) is 12.1. The molecule has 0 aliphatic carbocycles. The van der Waals surface area contributed by atoms with Crippen LogP contribution < -0.4 is 20.9 Å². The number of hydrogen-bond donors (Lipinski definition) is 2. The Bertz CT molecular complexity index is 1020. The molecule has 2 aromatic rings. The summed E-state index contributed by atoms with van der Waals surface area (Å²) < 4.78 is 16.9. The van der Waals surface area contributed by atoms with Crippen molar-refractivity contribution in [1.29, 1.82) is 0 Å². The molecule has 2 aromatic carbocycles. The summed E-state index contributed by atoms with van der Waals surface area (Å²) in [4.78, 5) is 26.7. The monoisotopic (exact) mass is 485 g/mol. The van der Waals surface area contributed by atoms with Gasteiger partial charge in [0.2, 0.25) is 0 Å². The highest BCUT2D eigenvalue weighted by Crippen LogP contribution is 2.29. The number of amides is 2. The first kappa shape index (κ1) is 28.0. The molecular formula is C27H39N3O5. The Hall–Kier alpha value is -3.26. The Morgan fingerprint density at radius 3 is 2.26 bits per heavy atom. The quantitative estimate of drug-likeness (QED) is 0.366. The maximum absolute atomic E-state index is 12.8. The summed E-state index contributed by atoms with van der Waals surface area (Å²) in [7, 11) is 1.54. The van der Waals surface area contributed by atoms with Crippen molar-refractivity contribution in [3.05, 3.63) is 58.7 Å². The van der Waals surface area contributed by atoms with Crippen LogP contribution in [0.25, 0.3) is 0 Å². The molecule has 1 unspecified atom stereocenters. The number of nitrogens with zero attached hydrogens (tertiary/aromatic N) is 1. The molecule has 2 rings (SSSR count). The molecule has 0 heterocycles. The van der Waals surface area contributed by atoms with E-state index in [1.165, 1.54) is 23.1 Å². The molecule has 8 nitrogen and oxygen atoms in total. The number of nitrogens with two attached hydrogens (primary N) is 2. The topological polar surface area (TPSA) is 117 Å². The summed E-state index contributed by atoms with van der Waals surface area (Å²) in [6.45, 7) is 10.3. The van der Waals surface area contributed by atoms with Crippen molar-refractivity contribution in [2.75, 3.05) is 20.3 Å². The van der Waals surface area contributed by atoms with Crippen molar-refractivity contribution in [1.82, 2.24) is 4.90 Å². The fraction of sp³-hybridized carbons (Fsp3) is 0.481. The van der Waals surface area contributed by atoms with Crippen molar-refractivity contribution < 1.29 is 23.8 Å². The summed E-state index contributed by atoms with van der Waals surface area (Å²) in [5.41, 5.74) is 14.8. The highest BCUT2D eigenvalue weighted by molar-refractivity contribution is 5.76. The van der Waals surface area contributed by atoms with Gasteiger partial charge in [-0.15, -0.1) is 0 Å². The van der Waals surface area contributed by atoms with Crippen LogP contribution in [0.3, 0.4) is 0 Å². The number of primary amides is 1. The van der Waals surface area contributed by atoms with Crippen molar-refractivity contribution in [2.45, 2.75) is 60.2 Å². The van der Waals surface area contributed by atoms with Gasteiger partial charge in [-0.25, -0.2) is 4.79 Å². The van der Waals surface area contributed by atoms with Crippen molar-refractivity contribution in [3.63, 3.8) is 0 Å². The Morgan fingerprint density at radius 2 is 1.69 bits per heavy atom. The molecule has 0 bridgehead atoms. The van der Waals surface area contributed by atoms with E-state index in [1.54, 1.807) is 32.9 Å². The molecule has 0 radical (unpaired) electrons. The van der Waals surface area contributed by atoms with Gasteiger partial charge in [0.05, 0.1) is 19.1 Å². The number of carbonyl (C=O) groups excluding carboxylic acids is 2. The van der Waals surface area contributed by atoms with Gasteiger partial charge in [0.25, 0.3) is 0 Å². The molecule has 1 atom stereocenters. The standard InChI is InChI=1S/C27H39N3O5/c1-18-7-8-20(15-19(18)2)10-12-24(35-25(31)27(3,4)5)30(26(29)32)17-21-9-11-22(34-14-13-28)23(16-21)33-6/h7-9,11,15-16,24H,10,12-14,17,28H2,1-6H3,(H2,29,32). The zero-order valence-electron chi connectivity index (χ0n) is 21.7. The van der Waals surface area contributed by atoms with Crippen LogP contribution >= 0.6 is 0 Å². The van der Waals surface area contributed by atoms with E-state index in [0.29, 0.717) is 37.5 Å². The molecule has 0 saturated heterocycles. The first-order chi connectivity index (χ1) is 16.5. The number of hydrogen-bond acceptors (Lipinski definition) is 6. The van der Waals surface area contributed by atoms with Gasteiger partial charge < -0.3 is 25.7 Å². The lowest BCUT2D eigenvalue weighted by Gasteiger charge is -2.32. The number of ether oxygens (including phenoxy) is 3. The summed E-state index contributed by atoms with van der Waals surface area (Å²) in [5, 5.41) is 0. The van der Waals surface area contributed by atoms with Gasteiger partial charge in [0.15, 0.2) is 17.7 Å². The molecular weight excluding hydrogens is 446 g/mol. The molecule has 35 heavy (non-hydrogen) atoms. The minimum absolute atomic E-state index is 0.137. The van der Waals surface area contributed by atoms with Crippen LogP contribution in [0.1, 0.15) is 49.4 Å². The minimum atomic E-state index is -0.833. The second-order valence-electron chi connectivity index (χ2n) is 9.66. The van der Waals surface area contributed by atoms with E-state index >= 15 is 0 Å². The third-order valence-corrected chi connectivity index (χ3v) is 5.69. The molecule has 0 aromatic heterocycles. The van der Waals surface area contributed by atoms with Crippen LogP contribution in [-0.4, -0.2) is 43.4 Å². The van der Waals surface area contributed by atoms with Crippen LogP contribution in [0.5, 0.6) is 11.5 Å². The molecule has 192 valence electrons. The van der Waals surface area contributed by atoms with E-state index in [-0.39, 0.29) is 6.54 Å². The number of rotatable bonds is 11. The third-order valence-electron chi connectivity index (χ3n) is 5.69. The van der Waals surface area contributed by atoms with Crippen LogP contribution in [0.2, 0.25) is 0 Å². The number of urea groups is 1. The van der Waals surface area contributed by atoms with Crippen LogP contribution in [0.4, 0.5) is 4.79 Å². The molecule has 4 N–H and O–H groups in total. The molecule has 0 aliphatic rings. The predicted octanol–water partition coefficient (Wildman–Crippen LogP) is 4.08. The first-order valence-corrected chi connectivity index (χ1v) is 11.8. The Morgan fingerprint density at radius 1 is 1.00 bits per heavy atom. The molecule has 0 aliphatic heterocycles. The van der Waals surface area contributed by atoms with E-state index < -0.39 is 23.6 Å². The SMILES string of the molecule is COc1cc(CN(C(N)=O)C(CCc2ccc(C)c(C)c2)OC(=O)C(C)(C)C)ccc1OCCN. The lowest BCUT2D eigenvalue weighted by atomic mass is 9.97. The average Bonchev–Trinajstić information content (AvgIpc) is 2.80. The molecule has 0 spiro atoms. The zero-order chi connectivity index (χ0) is 26.2. The number of methoxy groups -OCH3 is 1. The van der Waals surface area contributed by atoms with Crippen molar-refractivity contribution in [3.8, 4) is 11.5 Å². The van der Waals surface area contributed by atoms with Gasteiger partial charge in [-0.3, -0.25) is 9.69 Å². The smallest absolute Gasteiger partial charge is 0.317 e. The Kier molecular flexibility index (Phi) is 9.95. The van der Waals surface area contributed by atoms with Gasteiger partial charge >= 0.3 is 12.0 Å². The highest BCUT2D eigenvalue weighted by Gasteiger charge is 2.31. The molecule has 0 fully saturated rings. The highest BCUT2D eigenvalue weighted by atomic mass is 16.6. The van der Waals surface area contributed by atoms with Gasteiger partial charge in [0.1, 0.15) is 6.61 Å². The predicted molar refractivity (Wildman–Crippen MR) is 136 cm³/mol. The number of carbonyl (C=O) groups is 2. The number of aryl methyl sites for hydroxylation is 3. The summed E-state index contributed by atoms with van der Waals surface area (Å²) in [6, 6.07) is 10.9. The van der Waals surface area contributed by atoms with Gasteiger partial charge in [-0.1, -0.05) is 24.3 Å². The average molecular weight is 486 g/mol. The second-order valence-corrected chi connectivity index (χ2v) is 9.66. The fourth-order valence-electron chi connectivity index (χ4n) is 3.44. The second kappa shape index (κ2) is 12.4. The summed E-state index contributed by atoms with van der Waals surface area (Å²) in [6.07, 6.45) is 0.185. The van der Waals surface area contributed by atoms with E-state index in [1.807, 2.05) is 12.1 Å². The van der Waals surface area contributed by atoms with Crippen molar-refractivity contribution >= 4 is 12.0 Å². The lowest BCUT2D eigenvalue weighted by molar-refractivity contribution is -0.167. The Balaban J connectivity index is 2.31. The minimum Gasteiger partial charge on any atom is -0.493 e. The largest absolute Gasteiger partial charge is 0.493 e. The van der Waals surface area contributed by atoms with E-state index in [2.05, 4.69) is 26.0 Å². The zero-order valence-corrected chi connectivity index (χ0v) is 21.7. The molecule has 2 amide bonds. The number of benzene rings is 2.